The van der Waals surface area contributed by atoms with Crippen molar-refractivity contribution in [3.8, 4) is 0 Å². The van der Waals surface area contributed by atoms with Crippen molar-refractivity contribution in [1.82, 2.24) is 16.0 Å². The highest BCUT2D eigenvalue weighted by molar-refractivity contribution is 7.80. The van der Waals surface area contributed by atoms with Gasteiger partial charge in [0.25, 0.3) is 0 Å². The van der Waals surface area contributed by atoms with E-state index in [4.69, 9.17) is 5.73 Å². The summed E-state index contributed by atoms with van der Waals surface area (Å²) in [5, 5.41) is 17.1. The average Bonchev–Trinajstić information content (AvgIpc) is 2.83. The molecule has 0 aliphatic carbocycles. The van der Waals surface area contributed by atoms with Gasteiger partial charge in [0.2, 0.25) is 17.7 Å². The minimum Gasteiger partial charge on any atom is -0.480 e. The molecule has 2 aromatic rings. The van der Waals surface area contributed by atoms with Crippen molar-refractivity contribution in [1.29, 1.82) is 0 Å². The van der Waals surface area contributed by atoms with Crippen LogP contribution in [-0.4, -0.2) is 58.7 Å². The first-order valence-electron chi connectivity index (χ1n) is 10.8. The zero-order chi connectivity index (χ0) is 25.1. The summed E-state index contributed by atoms with van der Waals surface area (Å²) in [6, 6.07) is 13.9. The lowest BCUT2D eigenvalue weighted by Crippen LogP contribution is -2.57. The van der Waals surface area contributed by atoms with Crippen molar-refractivity contribution in [2.45, 2.75) is 43.9 Å². The Balaban J connectivity index is 2.05. The Morgan fingerprint density at radius 3 is 1.74 bits per heavy atom. The first-order valence-corrected chi connectivity index (χ1v) is 11.4. The molecule has 4 unspecified atom stereocenters. The smallest absolute Gasteiger partial charge is 0.326 e. The minimum absolute atomic E-state index is 0.0941. The molecule has 4 atom stereocenters. The van der Waals surface area contributed by atoms with E-state index in [9.17, 15) is 24.3 Å². The van der Waals surface area contributed by atoms with Crippen LogP contribution in [0.25, 0.3) is 0 Å². The lowest BCUT2D eigenvalue weighted by atomic mass is 10.0. The van der Waals surface area contributed by atoms with Crippen LogP contribution >= 0.6 is 12.6 Å². The number of benzene rings is 2. The molecule has 0 aliphatic heterocycles. The minimum atomic E-state index is -1.19. The molecule has 0 fully saturated rings. The quantitative estimate of drug-likeness (QED) is 0.237. The van der Waals surface area contributed by atoms with Gasteiger partial charge in [-0.3, -0.25) is 14.4 Å². The van der Waals surface area contributed by atoms with Crippen LogP contribution in [0.2, 0.25) is 0 Å². The van der Waals surface area contributed by atoms with Crippen LogP contribution < -0.4 is 21.7 Å². The van der Waals surface area contributed by atoms with Crippen LogP contribution in [0.1, 0.15) is 18.1 Å². The molecule has 182 valence electrons. The molecule has 0 saturated carbocycles. The molecule has 0 bridgehead atoms. The van der Waals surface area contributed by atoms with Gasteiger partial charge in [-0.2, -0.15) is 12.6 Å². The molecule has 3 amide bonds. The lowest BCUT2D eigenvalue weighted by Gasteiger charge is -2.23. The summed E-state index contributed by atoms with van der Waals surface area (Å²) in [5.74, 6) is -2.89. The Morgan fingerprint density at radius 1 is 0.794 bits per heavy atom. The fraction of sp³-hybridized carbons (Fsp3) is 0.333. The van der Waals surface area contributed by atoms with Crippen LogP contribution in [0.5, 0.6) is 0 Å². The second-order valence-corrected chi connectivity index (χ2v) is 8.22. The Kier molecular flexibility index (Phi) is 10.6. The zero-order valence-electron chi connectivity index (χ0n) is 18.8. The molecule has 0 aliphatic rings. The van der Waals surface area contributed by atoms with Crippen molar-refractivity contribution in [3.05, 3.63) is 71.8 Å². The average molecular weight is 487 g/mol. The SMILES string of the molecule is CC(NC(=O)C(Cc1ccccc1)NC(=O)C(N)CS)C(=O)NC(Cc1ccccc1)C(=O)O. The monoisotopic (exact) mass is 486 g/mol. The van der Waals surface area contributed by atoms with Gasteiger partial charge in [0, 0.05) is 18.6 Å². The maximum absolute atomic E-state index is 12.9. The van der Waals surface area contributed by atoms with Crippen LogP contribution in [0.4, 0.5) is 0 Å². The highest BCUT2D eigenvalue weighted by atomic mass is 32.1. The number of rotatable bonds is 12. The number of hydrogen-bond acceptors (Lipinski definition) is 6. The standard InChI is InChI=1S/C24H30N4O5S/c1-15(21(29)28-20(24(32)33)13-17-10-6-3-7-11-17)26-23(31)19(27-22(30)18(25)14-34)12-16-8-4-2-5-9-16/h2-11,15,18-20,34H,12-14,25H2,1H3,(H,26,31)(H,27,30)(H,28,29)(H,32,33). The Hall–Kier alpha value is -3.37. The summed E-state index contributed by atoms with van der Waals surface area (Å²) in [7, 11) is 0. The van der Waals surface area contributed by atoms with E-state index in [2.05, 4.69) is 28.6 Å². The predicted octanol–water partition coefficient (Wildman–Crippen LogP) is 0.288. The number of carboxylic acid groups (broad SMARTS) is 1. The van der Waals surface area contributed by atoms with E-state index in [0.717, 1.165) is 11.1 Å². The van der Waals surface area contributed by atoms with Crippen LogP contribution in [0.3, 0.4) is 0 Å². The highest BCUT2D eigenvalue weighted by Gasteiger charge is 2.28. The van der Waals surface area contributed by atoms with Gasteiger partial charge in [0.1, 0.15) is 18.1 Å². The van der Waals surface area contributed by atoms with Crippen molar-refractivity contribution < 1.29 is 24.3 Å². The first-order chi connectivity index (χ1) is 16.2. The van der Waals surface area contributed by atoms with Gasteiger partial charge >= 0.3 is 5.97 Å². The number of nitrogens with two attached hydrogens (primary N) is 1. The Morgan fingerprint density at radius 2 is 1.26 bits per heavy atom. The molecular formula is C24H30N4O5S. The summed E-state index contributed by atoms with van der Waals surface area (Å²) < 4.78 is 0. The molecule has 0 heterocycles. The predicted molar refractivity (Wildman–Crippen MR) is 131 cm³/mol. The van der Waals surface area contributed by atoms with Crippen LogP contribution in [-0.2, 0) is 32.0 Å². The highest BCUT2D eigenvalue weighted by Crippen LogP contribution is 2.06. The van der Waals surface area contributed by atoms with Gasteiger partial charge in [0.15, 0.2) is 0 Å². The summed E-state index contributed by atoms with van der Waals surface area (Å²) in [5.41, 5.74) is 7.26. The number of thiol groups is 1. The molecule has 0 spiro atoms. The third-order valence-electron chi connectivity index (χ3n) is 5.10. The number of hydrogen-bond donors (Lipinski definition) is 6. The largest absolute Gasteiger partial charge is 0.480 e. The molecule has 34 heavy (non-hydrogen) atoms. The van der Waals surface area contributed by atoms with Crippen molar-refractivity contribution in [2.24, 2.45) is 5.73 Å². The third-order valence-corrected chi connectivity index (χ3v) is 5.49. The molecule has 9 nitrogen and oxygen atoms in total. The van der Waals surface area contributed by atoms with Crippen molar-refractivity contribution in [3.63, 3.8) is 0 Å². The van der Waals surface area contributed by atoms with Crippen molar-refractivity contribution in [2.75, 3.05) is 5.75 Å². The van der Waals surface area contributed by atoms with Gasteiger partial charge < -0.3 is 26.8 Å². The number of carbonyl (C=O) groups is 4. The van der Waals surface area contributed by atoms with Gasteiger partial charge in [0.05, 0.1) is 6.04 Å². The number of amides is 3. The second kappa shape index (κ2) is 13.4. The normalized spacial score (nSPS) is 14.2. The van der Waals surface area contributed by atoms with E-state index in [1.54, 1.807) is 36.4 Å². The number of carbonyl (C=O) groups excluding carboxylic acids is 3. The van der Waals surface area contributed by atoms with E-state index < -0.39 is 47.9 Å². The second-order valence-electron chi connectivity index (χ2n) is 7.86. The Bertz CT molecular complexity index is 974. The van der Waals surface area contributed by atoms with Gasteiger partial charge in [-0.25, -0.2) is 4.79 Å². The number of aliphatic carboxylic acids is 1. The van der Waals surface area contributed by atoms with Crippen molar-refractivity contribution >= 4 is 36.3 Å². The van der Waals surface area contributed by atoms with E-state index >= 15 is 0 Å². The van der Waals surface area contributed by atoms with E-state index in [-0.39, 0.29) is 18.6 Å². The molecule has 2 aromatic carbocycles. The maximum Gasteiger partial charge on any atom is 0.326 e. The van der Waals surface area contributed by atoms with E-state index in [1.165, 1.54) is 6.92 Å². The summed E-state index contributed by atoms with van der Waals surface area (Å²) in [6.07, 6.45) is 0.273. The maximum atomic E-state index is 12.9. The summed E-state index contributed by atoms with van der Waals surface area (Å²) in [6.45, 7) is 1.44. The molecular weight excluding hydrogens is 456 g/mol. The molecule has 0 aromatic heterocycles. The van der Waals surface area contributed by atoms with Gasteiger partial charge in [-0.05, 0) is 18.1 Å². The Labute approximate surface area is 203 Å². The van der Waals surface area contributed by atoms with Gasteiger partial charge in [-0.15, -0.1) is 0 Å². The number of carboxylic acids is 1. The molecule has 0 radical (unpaired) electrons. The van der Waals surface area contributed by atoms with Gasteiger partial charge in [-0.1, -0.05) is 60.7 Å². The molecule has 6 N–H and O–H groups in total. The fourth-order valence-corrected chi connectivity index (χ4v) is 3.31. The van der Waals surface area contributed by atoms with Crippen LogP contribution in [0, 0.1) is 0 Å². The lowest BCUT2D eigenvalue weighted by molar-refractivity contribution is -0.142. The molecule has 2 rings (SSSR count). The van der Waals surface area contributed by atoms with Crippen LogP contribution in [0.15, 0.2) is 60.7 Å². The fourth-order valence-electron chi connectivity index (χ4n) is 3.15. The number of nitrogens with one attached hydrogen (secondary N) is 3. The first kappa shape index (κ1) is 26.9. The van der Waals surface area contributed by atoms with E-state index in [0.29, 0.717) is 0 Å². The summed E-state index contributed by atoms with van der Waals surface area (Å²) in [4.78, 5) is 49.5. The summed E-state index contributed by atoms with van der Waals surface area (Å²) >= 11 is 4.01. The third kappa shape index (κ3) is 8.53. The van der Waals surface area contributed by atoms with E-state index in [1.807, 2.05) is 24.3 Å². The zero-order valence-corrected chi connectivity index (χ0v) is 19.7. The molecule has 10 heteroatoms. The molecule has 0 saturated heterocycles. The topological polar surface area (TPSA) is 151 Å².